The molecule has 0 aliphatic carbocycles. The number of hydrogen-bond donors (Lipinski definition) is 1. The smallest absolute Gasteiger partial charge is 0.144 e. The van der Waals surface area contributed by atoms with E-state index in [4.69, 9.17) is 5.26 Å². The summed E-state index contributed by atoms with van der Waals surface area (Å²) in [7, 11) is 0. The van der Waals surface area contributed by atoms with Gasteiger partial charge in [-0.05, 0) is 49.3 Å². The molecule has 0 saturated carbocycles. The van der Waals surface area contributed by atoms with Crippen molar-refractivity contribution in [3.05, 3.63) is 23.4 Å². The Labute approximate surface area is 107 Å². The van der Waals surface area contributed by atoms with E-state index in [1.807, 2.05) is 30.8 Å². The van der Waals surface area contributed by atoms with E-state index in [0.717, 1.165) is 24.0 Å². The fourth-order valence-electron chi connectivity index (χ4n) is 1.97. The average molecular weight is 247 g/mol. The highest BCUT2D eigenvalue weighted by molar-refractivity contribution is 7.99. The summed E-state index contributed by atoms with van der Waals surface area (Å²) in [5.41, 5.74) is 1.59. The fraction of sp³-hybridized carbons (Fsp3) is 0.538. The van der Waals surface area contributed by atoms with Gasteiger partial charge in [0.1, 0.15) is 11.9 Å². The number of pyridine rings is 1. The summed E-state index contributed by atoms with van der Waals surface area (Å²) in [6.45, 7) is 2.88. The molecule has 0 spiro atoms. The molecular formula is C13H17N3S. The summed E-state index contributed by atoms with van der Waals surface area (Å²) in [6, 6.07) is 5.89. The summed E-state index contributed by atoms with van der Waals surface area (Å²) < 4.78 is 0. The number of rotatable bonds is 3. The van der Waals surface area contributed by atoms with E-state index in [9.17, 15) is 0 Å². The molecule has 1 fully saturated rings. The van der Waals surface area contributed by atoms with Gasteiger partial charge in [-0.1, -0.05) is 0 Å². The normalized spacial score (nSPS) is 16.5. The Balaban J connectivity index is 1.98. The van der Waals surface area contributed by atoms with Gasteiger partial charge in [-0.25, -0.2) is 4.98 Å². The van der Waals surface area contributed by atoms with Crippen molar-refractivity contribution in [3.63, 3.8) is 0 Å². The Morgan fingerprint density at radius 1 is 1.47 bits per heavy atom. The van der Waals surface area contributed by atoms with E-state index in [0.29, 0.717) is 5.56 Å². The van der Waals surface area contributed by atoms with Crippen LogP contribution in [0.15, 0.2) is 12.1 Å². The molecule has 17 heavy (non-hydrogen) atoms. The molecule has 4 heteroatoms. The number of hydrogen-bond acceptors (Lipinski definition) is 4. The number of thioether (sulfide) groups is 1. The Hall–Kier alpha value is -1.21. The predicted molar refractivity (Wildman–Crippen MR) is 72.2 cm³/mol. The van der Waals surface area contributed by atoms with Crippen molar-refractivity contribution in [1.82, 2.24) is 4.98 Å². The lowest BCUT2D eigenvalue weighted by Gasteiger charge is -2.22. The quantitative estimate of drug-likeness (QED) is 0.892. The Morgan fingerprint density at radius 2 is 2.24 bits per heavy atom. The lowest BCUT2D eigenvalue weighted by Crippen LogP contribution is -2.20. The molecule has 0 bridgehead atoms. The van der Waals surface area contributed by atoms with Crippen molar-refractivity contribution in [2.75, 3.05) is 23.4 Å². The third-order valence-corrected chi connectivity index (χ3v) is 4.10. The maximum atomic E-state index is 9.01. The Kier molecular flexibility index (Phi) is 4.27. The average Bonchev–Trinajstić information content (AvgIpc) is 2.38. The van der Waals surface area contributed by atoms with Crippen LogP contribution in [0.2, 0.25) is 0 Å². The maximum absolute atomic E-state index is 9.01. The highest BCUT2D eigenvalue weighted by Crippen LogP contribution is 2.23. The Morgan fingerprint density at radius 3 is 2.94 bits per heavy atom. The van der Waals surface area contributed by atoms with Crippen molar-refractivity contribution < 1.29 is 0 Å². The van der Waals surface area contributed by atoms with Gasteiger partial charge in [0.15, 0.2) is 0 Å². The lowest BCUT2D eigenvalue weighted by molar-refractivity contribution is 0.515. The van der Waals surface area contributed by atoms with Crippen LogP contribution in [0, 0.1) is 24.2 Å². The minimum Gasteiger partial charge on any atom is -0.369 e. The Bertz CT molecular complexity index is 419. The number of anilines is 1. The fourth-order valence-corrected chi connectivity index (χ4v) is 3.18. The third kappa shape index (κ3) is 3.37. The first-order chi connectivity index (χ1) is 8.29. The monoisotopic (exact) mass is 247 g/mol. The second-order valence-electron chi connectivity index (χ2n) is 4.40. The number of aromatic nitrogens is 1. The van der Waals surface area contributed by atoms with E-state index < -0.39 is 0 Å². The maximum Gasteiger partial charge on any atom is 0.144 e. The summed E-state index contributed by atoms with van der Waals surface area (Å²) in [5, 5.41) is 12.3. The molecule has 1 aliphatic heterocycles. The minimum atomic E-state index is 0.640. The molecule has 0 amide bonds. The molecule has 0 aromatic carbocycles. The zero-order chi connectivity index (χ0) is 12.1. The summed E-state index contributed by atoms with van der Waals surface area (Å²) in [6.07, 6.45) is 2.54. The van der Waals surface area contributed by atoms with Gasteiger partial charge in [0.05, 0.1) is 5.56 Å². The molecule has 0 unspecified atom stereocenters. The number of nitrogens with zero attached hydrogens (tertiary/aromatic N) is 2. The lowest BCUT2D eigenvalue weighted by atomic mass is 10.0. The van der Waals surface area contributed by atoms with Gasteiger partial charge in [0.25, 0.3) is 0 Å². The summed E-state index contributed by atoms with van der Waals surface area (Å²) >= 11 is 2.03. The topological polar surface area (TPSA) is 48.7 Å². The number of nitriles is 1. The van der Waals surface area contributed by atoms with Crippen molar-refractivity contribution in [2.24, 2.45) is 5.92 Å². The van der Waals surface area contributed by atoms with Gasteiger partial charge in [-0.3, -0.25) is 0 Å². The van der Waals surface area contributed by atoms with Crippen molar-refractivity contribution in [3.8, 4) is 6.07 Å². The second-order valence-corrected chi connectivity index (χ2v) is 5.62. The summed E-state index contributed by atoms with van der Waals surface area (Å²) in [5.74, 6) is 3.99. The largest absolute Gasteiger partial charge is 0.369 e. The van der Waals surface area contributed by atoms with Gasteiger partial charge in [-0.2, -0.15) is 17.0 Å². The predicted octanol–water partition coefficient (Wildman–Crippen LogP) is 2.82. The highest BCUT2D eigenvalue weighted by Gasteiger charge is 2.14. The third-order valence-electron chi connectivity index (χ3n) is 3.05. The van der Waals surface area contributed by atoms with E-state index in [1.54, 1.807) is 0 Å². The van der Waals surface area contributed by atoms with Crippen LogP contribution in [-0.4, -0.2) is 23.0 Å². The van der Waals surface area contributed by atoms with Crippen LogP contribution in [0.5, 0.6) is 0 Å². The molecule has 1 aromatic heterocycles. The highest BCUT2D eigenvalue weighted by atomic mass is 32.2. The van der Waals surface area contributed by atoms with Gasteiger partial charge in [-0.15, -0.1) is 0 Å². The van der Waals surface area contributed by atoms with Gasteiger partial charge < -0.3 is 5.32 Å². The SMILES string of the molecule is Cc1ccc(C#N)c(NCC2CCSCC2)n1. The molecule has 1 saturated heterocycles. The number of nitrogens with one attached hydrogen (secondary N) is 1. The van der Waals surface area contributed by atoms with Gasteiger partial charge >= 0.3 is 0 Å². The molecule has 0 radical (unpaired) electrons. The van der Waals surface area contributed by atoms with E-state index in [-0.39, 0.29) is 0 Å². The first kappa shape index (κ1) is 12.3. The molecule has 1 aliphatic rings. The van der Waals surface area contributed by atoms with Crippen molar-refractivity contribution in [2.45, 2.75) is 19.8 Å². The van der Waals surface area contributed by atoms with E-state index >= 15 is 0 Å². The zero-order valence-corrected chi connectivity index (χ0v) is 10.9. The van der Waals surface area contributed by atoms with Gasteiger partial charge in [0.2, 0.25) is 0 Å². The first-order valence-corrected chi connectivity index (χ1v) is 7.14. The van der Waals surface area contributed by atoms with Crippen LogP contribution in [0.25, 0.3) is 0 Å². The van der Waals surface area contributed by atoms with Crippen LogP contribution in [0.4, 0.5) is 5.82 Å². The van der Waals surface area contributed by atoms with E-state index in [2.05, 4.69) is 16.4 Å². The standard InChI is InChI=1S/C13H17N3S/c1-10-2-3-12(8-14)13(16-10)15-9-11-4-6-17-7-5-11/h2-3,11H,4-7,9H2,1H3,(H,15,16). The molecule has 0 atom stereocenters. The molecule has 3 nitrogen and oxygen atoms in total. The molecular weight excluding hydrogens is 230 g/mol. The minimum absolute atomic E-state index is 0.640. The summed E-state index contributed by atoms with van der Waals surface area (Å²) in [4.78, 5) is 4.39. The molecule has 2 rings (SSSR count). The van der Waals surface area contributed by atoms with Crippen LogP contribution in [0.1, 0.15) is 24.1 Å². The van der Waals surface area contributed by atoms with Crippen LogP contribution in [-0.2, 0) is 0 Å². The van der Waals surface area contributed by atoms with E-state index in [1.165, 1.54) is 24.3 Å². The molecule has 1 N–H and O–H groups in total. The van der Waals surface area contributed by atoms with Crippen molar-refractivity contribution in [1.29, 1.82) is 5.26 Å². The second kappa shape index (κ2) is 5.92. The number of aryl methyl sites for hydroxylation is 1. The van der Waals surface area contributed by atoms with Crippen LogP contribution < -0.4 is 5.32 Å². The first-order valence-electron chi connectivity index (χ1n) is 5.99. The molecule has 90 valence electrons. The molecule has 2 heterocycles. The van der Waals surface area contributed by atoms with Gasteiger partial charge in [0, 0.05) is 12.2 Å². The van der Waals surface area contributed by atoms with Crippen LogP contribution >= 0.6 is 11.8 Å². The van der Waals surface area contributed by atoms with Crippen molar-refractivity contribution >= 4 is 17.6 Å². The van der Waals surface area contributed by atoms with Crippen LogP contribution in [0.3, 0.4) is 0 Å². The zero-order valence-electron chi connectivity index (χ0n) is 10.1. The molecule has 1 aromatic rings.